The van der Waals surface area contributed by atoms with Crippen molar-refractivity contribution in [2.45, 2.75) is 13.1 Å². The van der Waals surface area contributed by atoms with Gasteiger partial charge in [-0.15, -0.1) is 0 Å². The first-order valence-electron chi connectivity index (χ1n) is 6.97. The molecule has 0 unspecified atom stereocenters. The van der Waals surface area contributed by atoms with Crippen LogP contribution in [0.2, 0.25) is 0 Å². The van der Waals surface area contributed by atoms with Crippen LogP contribution in [-0.2, 0) is 10.9 Å². The summed E-state index contributed by atoms with van der Waals surface area (Å²) < 4.78 is 48.3. The molecule has 0 fully saturated rings. The van der Waals surface area contributed by atoms with Crippen molar-refractivity contribution in [1.29, 1.82) is 0 Å². The highest BCUT2D eigenvalue weighted by molar-refractivity contribution is 5.97. The molecule has 0 saturated carbocycles. The maximum Gasteiger partial charge on any atom is 0.416 e. The zero-order chi connectivity index (χ0) is 17.9. The highest BCUT2D eigenvalue weighted by Gasteiger charge is 2.32. The minimum absolute atomic E-state index is 0.192. The number of halogens is 3. The molecule has 2 rings (SSSR count). The fraction of sp³-hybridized carbons (Fsp3) is 0.235. The second-order valence-corrected chi connectivity index (χ2v) is 5.06. The van der Waals surface area contributed by atoms with Crippen molar-refractivity contribution < 1.29 is 27.4 Å². The standard InChI is InChI=1S/C17H16F3NO3/c1-10-8-12(23-2)5-7-14(10)21-15-6-4-11(17(18,19)20)9-13(15)16(22)24-3/h4-9,21H,1-3H3. The molecule has 4 nitrogen and oxygen atoms in total. The molecule has 0 spiro atoms. The number of esters is 1. The maximum atomic E-state index is 12.9. The van der Waals surface area contributed by atoms with Gasteiger partial charge in [-0.1, -0.05) is 0 Å². The lowest BCUT2D eigenvalue weighted by molar-refractivity contribution is -0.137. The van der Waals surface area contributed by atoms with Crippen LogP contribution in [0.15, 0.2) is 36.4 Å². The van der Waals surface area contributed by atoms with Gasteiger partial charge in [0.2, 0.25) is 0 Å². The molecule has 2 aromatic rings. The molecule has 0 aromatic heterocycles. The number of methoxy groups -OCH3 is 2. The number of carbonyl (C=O) groups is 1. The van der Waals surface area contributed by atoms with Crippen LogP contribution in [0.5, 0.6) is 5.75 Å². The van der Waals surface area contributed by atoms with Crippen LogP contribution in [0.25, 0.3) is 0 Å². The van der Waals surface area contributed by atoms with Gasteiger partial charge in [-0.05, 0) is 48.9 Å². The molecular weight excluding hydrogens is 323 g/mol. The van der Waals surface area contributed by atoms with E-state index in [-0.39, 0.29) is 11.3 Å². The third-order valence-corrected chi connectivity index (χ3v) is 3.46. The Bertz CT molecular complexity index is 757. The Morgan fingerprint density at radius 2 is 1.71 bits per heavy atom. The van der Waals surface area contributed by atoms with Gasteiger partial charge in [0.1, 0.15) is 5.75 Å². The molecule has 0 aliphatic carbocycles. The van der Waals surface area contributed by atoms with E-state index in [9.17, 15) is 18.0 Å². The summed E-state index contributed by atoms with van der Waals surface area (Å²) in [7, 11) is 2.65. The van der Waals surface area contributed by atoms with Crippen molar-refractivity contribution in [3.63, 3.8) is 0 Å². The van der Waals surface area contributed by atoms with Gasteiger partial charge in [-0.3, -0.25) is 0 Å². The minimum Gasteiger partial charge on any atom is -0.497 e. The van der Waals surface area contributed by atoms with Crippen LogP contribution in [0, 0.1) is 6.92 Å². The Labute approximate surface area is 137 Å². The largest absolute Gasteiger partial charge is 0.497 e. The predicted octanol–water partition coefficient (Wildman–Crippen LogP) is 4.55. The normalized spacial score (nSPS) is 11.1. The number of ether oxygens (including phenoxy) is 2. The molecule has 7 heteroatoms. The van der Waals surface area contributed by atoms with Crippen molar-refractivity contribution in [1.82, 2.24) is 0 Å². The van der Waals surface area contributed by atoms with Crippen molar-refractivity contribution >= 4 is 17.3 Å². The van der Waals surface area contributed by atoms with E-state index in [1.165, 1.54) is 13.2 Å². The van der Waals surface area contributed by atoms with Crippen molar-refractivity contribution in [2.75, 3.05) is 19.5 Å². The van der Waals surface area contributed by atoms with Crippen molar-refractivity contribution in [3.05, 3.63) is 53.1 Å². The molecule has 2 aromatic carbocycles. The van der Waals surface area contributed by atoms with E-state index >= 15 is 0 Å². The lowest BCUT2D eigenvalue weighted by atomic mass is 10.1. The number of alkyl halides is 3. The van der Waals surface area contributed by atoms with E-state index in [1.807, 2.05) is 6.92 Å². The Morgan fingerprint density at radius 3 is 2.25 bits per heavy atom. The van der Waals surface area contributed by atoms with Gasteiger partial charge in [-0.25, -0.2) is 4.79 Å². The Hall–Kier alpha value is -2.70. The van der Waals surface area contributed by atoms with Gasteiger partial charge in [0.15, 0.2) is 0 Å². The molecule has 0 heterocycles. The van der Waals surface area contributed by atoms with Crippen molar-refractivity contribution in [3.8, 4) is 5.75 Å². The molecular formula is C17H16F3NO3. The molecule has 0 aliphatic heterocycles. The van der Waals surface area contributed by atoms with Crippen LogP contribution < -0.4 is 10.1 Å². The molecule has 0 atom stereocenters. The molecule has 128 valence electrons. The second-order valence-electron chi connectivity index (χ2n) is 5.06. The zero-order valence-corrected chi connectivity index (χ0v) is 13.3. The lowest BCUT2D eigenvalue weighted by Gasteiger charge is -2.15. The second kappa shape index (κ2) is 6.82. The summed E-state index contributed by atoms with van der Waals surface area (Å²) in [6.07, 6.45) is -4.54. The number of nitrogens with one attached hydrogen (secondary N) is 1. The first-order valence-corrected chi connectivity index (χ1v) is 6.97. The monoisotopic (exact) mass is 339 g/mol. The summed E-state index contributed by atoms with van der Waals surface area (Å²) >= 11 is 0. The molecule has 0 saturated heterocycles. The van der Waals surface area contributed by atoms with E-state index in [0.717, 1.165) is 24.8 Å². The van der Waals surface area contributed by atoms with Crippen LogP contribution >= 0.6 is 0 Å². The number of anilines is 2. The average Bonchev–Trinajstić information content (AvgIpc) is 2.55. The van der Waals surface area contributed by atoms with Crippen LogP contribution in [0.4, 0.5) is 24.5 Å². The van der Waals surface area contributed by atoms with E-state index in [2.05, 4.69) is 10.1 Å². The summed E-state index contributed by atoms with van der Waals surface area (Å²) in [5.74, 6) is -0.201. The predicted molar refractivity (Wildman–Crippen MR) is 83.8 cm³/mol. The Kier molecular flexibility index (Phi) is 5.02. The third kappa shape index (κ3) is 3.79. The molecule has 0 amide bonds. The topological polar surface area (TPSA) is 47.6 Å². The minimum atomic E-state index is -4.54. The molecule has 24 heavy (non-hydrogen) atoms. The van der Waals surface area contributed by atoms with Crippen molar-refractivity contribution in [2.24, 2.45) is 0 Å². The Balaban J connectivity index is 2.44. The number of benzene rings is 2. The fourth-order valence-electron chi connectivity index (χ4n) is 2.16. The summed E-state index contributed by atoms with van der Waals surface area (Å²) in [5, 5.41) is 2.96. The van der Waals surface area contributed by atoms with Gasteiger partial charge in [-0.2, -0.15) is 13.2 Å². The SMILES string of the molecule is COC(=O)c1cc(C(F)(F)F)ccc1Nc1ccc(OC)cc1C. The zero-order valence-electron chi connectivity index (χ0n) is 13.3. The van der Waals surface area contributed by atoms with E-state index in [1.54, 1.807) is 18.2 Å². The van der Waals surface area contributed by atoms with Crippen LogP contribution in [-0.4, -0.2) is 20.2 Å². The highest BCUT2D eigenvalue weighted by Crippen LogP contribution is 2.33. The van der Waals surface area contributed by atoms with Gasteiger partial charge < -0.3 is 14.8 Å². The van der Waals surface area contributed by atoms with E-state index in [0.29, 0.717) is 11.4 Å². The van der Waals surface area contributed by atoms with Gasteiger partial charge in [0.05, 0.1) is 31.0 Å². The molecule has 0 bridgehead atoms. The lowest BCUT2D eigenvalue weighted by Crippen LogP contribution is -2.11. The summed E-state index contributed by atoms with van der Waals surface area (Å²) in [6, 6.07) is 8.08. The smallest absolute Gasteiger partial charge is 0.416 e. The quantitative estimate of drug-likeness (QED) is 0.830. The van der Waals surface area contributed by atoms with E-state index < -0.39 is 17.7 Å². The number of rotatable bonds is 4. The maximum absolute atomic E-state index is 12.9. The molecule has 1 N–H and O–H groups in total. The van der Waals surface area contributed by atoms with Crippen LogP contribution in [0.3, 0.4) is 0 Å². The molecule has 0 radical (unpaired) electrons. The summed E-state index contributed by atoms with van der Waals surface area (Å²) in [5.41, 5.74) is 0.566. The fourth-order valence-corrected chi connectivity index (χ4v) is 2.16. The summed E-state index contributed by atoms with van der Waals surface area (Å²) in [4.78, 5) is 11.8. The number of carbonyl (C=O) groups excluding carboxylic acids is 1. The van der Waals surface area contributed by atoms with Gasteiger partial charge >= 0.3 is 12.1 Å². The summed E-state index contributed by atoms with van der Waals surface area (Å²) in [6.45, 7) is 1.81. The first-order chi connectivity index (χ1) is 11.3. The van der Waals surface area contributed by atoms with E-state index in [4.69, 9.17) is 4.74 Å². The number of hydrogen-bond acceptors (Lipinski definition) is 4. The number of hydrogen-bond donors (Lipinski definition) is 1. The third-order valence-electron chi connectivity index (χ3n) is 3.46. The first kappa shape index (κ1) is 17.7. The average molecular weight is 339 g/mol. The van der Waals surface area contributed by atoms with Gasteiger partial charge in [0, 0.05) is 5.69 Å². The van der Waals surface area contributed by atoms with Crippen LogP contribution in [0.1, 0.15) is 21.5 Å². The highest BCUT2D eigenvalue weighted by atomic mass is 19.4. The molecule has 0 aliphatic rings. The number of aryl methyl sites for hydroxylation is 1. The Morgan fingerprint density at radius 1 is 1.04 bits per heavy atom. The van der Waals surface area contributed by atoms with Gasteiger partial charge in [0.25, 0.3) is 0 Å².